The van der Waals surface area contributed by atoms with Crippen LogP contribution in [0.5, 0.6) is 0 Å². The average Bonchev–Trinajstić information content (AvgIpc) is 2.56. The maximum absolute atomic E-state index is 5.49. The van der Waals surface area contributed by atoms with Gasteiger partial charge in [-0.1, -0.05) is 0 Å². The van der Waals surface area contributed by atoms with Crippen LogP contribution in [0.15, 0.2) is 4.99 Å². The van der Waals surface area contributed by atoms with Crippen LogP contribution in [0, 0.1) is 0 Å². The minimum Gasteiger partial charge on any atom is -0.382 e. The Morgan fingerprint density at radius 1 is 1.22 bits per heavy atom. The summed E-state index contributed by atoms with van der Waals surface area (Å²) >= 11 is 1.93. The molecule has 0 radical (unpaired) electrons. The number of nitrogens with one attached hydrogen (secondary N) is 2. The van der Waals surface area contributed by atoms with Gasteiger partial charge in [-0.25, -0.2) is 0 Å². The summed E-state index contributed by atoms with van der Waals surface area (Å²) in [6.07, 6.45) is 6.56. The number of hydrogen-bond donors (Lipinski definition) is 2. The van der Waals surface area contributed by atoms with E-state index in [1.165, 1.54) is 0 Å². The number of halogens is 1. The zero-order chi connectivity index (χ0) is 16.1. The van der Waals surface area contributed by atoms with Crippen molar-refractivity contribution in [3.8, 4) is 0 Å². The van der Waals surface area contributed by atoms with Crippen LogP contribution in [0.1, 0.15) is 39.5 Å². The summed E-state index contributed by atoms with van der Waals surface area (Å²) in [5.41, 5.74) is 0. The Kier molecular flexibility index (Phi) is 14.8. The summed E-state index contributed by atoms with van der Waals surface area (Å²) in [5.74, 6) is 0.929. The van der Waals surface area contributed by atoms with E-state index in [0.717, 1.165) is 77.7 Å². The molecule has 138 valence electrons. The van der Waals surface area contributed by atoms with Crippen molar-refractivity contribution < 1.29 is 9.47 Å². The van der Waals surface area contributed by atoms with Gasteiger partial charge in [0.15, 0.2) is 5.96 Å². The highest BCUT2D eigenvalue weighted by Gasteiger charge is 2.31. The molecule has 2 N–H and O–H groups in total. The SMILES string of the molecule is CCNC(=NCC1(SC)CCOCC1)NCCCCOCC.I. The molecule has 0 aromatic carbocycles. The number of aliphatic imine (C=N–C) groups is 1. The molecule has 1 heterocycles. The van der Waals surface area contributed by atoms with Crippen LogP contribution in [-0.2, 0) is 9.47 Å². The third-order valence-corrected chi connectivity index (χ3v) is 5.32. The Balaban J connectivity index is 0.00000484. The summed E-state index contributed by atoms with van der Waals surface area (Å²) in [7, 11) is 0. The normalized spacial score (nSPS) is 17.4. The van der Waals surface area contributed by atoms with Crippen molar-refractivity contribution in [3.05, 3.63) is 0 Å². The van der Waals surface area contributed by atoms with Gasteiger partial charge in [-0.2, -0.15) is 11.8 Å². The van der Waals surface area contributed by atoms with Gasteiger partial charge in [0.1, 0.15) is 0 Å². The number of hydrogen-bond acceptors (Lipinski definition) is 4. The highest BCUT2D eigenvalue weighted by Crippen LogP contribution is 2.33. The Labute approximate surface area is 163 Å². The first-order valence-corrected chi connectivity index (χ1v) is 9.71. The molecular formula is C16H34IN3O2S. The molecule has 23 heavy (non-hydrogen) atoms. The number of guanidine groups is 1. The van der Waals surface area contributed by atoms with Crippen LogP contribution in [0.3, 0.4) is 0 Å². The molecule has 0 unspecified atom stereocenters. The van der Waals surface area contributed by atoms with Crippen LogP contribution in [0.25, 0.3) is 0 Å². The molecule has 0 aromatic heterocycles. The predicted octanol–water partition coefficient (Wildman–Crippen LogP) is 2.89. The number of rotatable bonds is 10. The van der Waals surface area contributed by atoms with Gasteiger partial charge >= 0.3 is 0 Å². The Morgan fingerprint density at radius 2 is 1.96 bits per heavy atom. The van der Waals surface area contributed by atoms with E-state index in [0.29, 0.717) is 0 Å². The molecule has 0 bridgehead atoms. The highest BCUT2D eigenvalue weighted by molar-refractivity contribution is 14.0. The Hall–Kier alpha value is 0.270. The van der Waals surface area contributed by atoms with Crippen molar-refractivity contribution in [2.75, 3.05) is 52.3 Å². The first kappa shape index (κ1) is 23.3. The molecule has 0 aliphatic carbocycles. The summed E-state index contributed by atoms with van der Waals surface area (Å²) in [5, 5.41) is 6.75. The molecule has 5 nitrogen and oxygen atoms in total. The molecule has 0 aromatic rings. The molecule has 1 fully saturated rings. The van der Waals surface area contributed by atoms with E-state index in [1.54, 1.807) is 0 Å². The fourth-order valence-electron chi connectivity index (χ4n) is 2.42. The largest absolute Gasteiger partial charge is 0.382 e. The lowest BCUT2D eigenvalue weighted by molar-refractivity contribution is 0.0794. The first-order valence-electron chi connectivity index (χ1n) is 8.49. The number of nitrogens with zero attached hydrogens (tertiary/aromatic N) is 1. The van der Waals surface area contributed by atoms with Crippen LogP contribution in [0.2, 0.25) is 0 Å². The molecule has 0 spiro atoms. The first-order chi connectivity index (χ1) is 10.8. The van der Waals surface area contributed by atoms with Crippen molar-refractivity contribution in [2.24, 2.45) is 4.99 Å². The van der Waals surface area contributed by atoms with Gasteiger partial charge in [-0.15, -0.1) is 24.0 Å². The summed E-state index contributed by atoms with van der Waals surface area (Å²) < 4.78 is 11.1. The van der Waals surface area contributed by atoms with Crippen LogP contribution in [-0.4, -0.2) is 63.0 Å². The summed E-state index contributed by atoms with van der Waals surface area (Å²) in [4.78, 5) is 4.80. The molecule has 1 aliphatic heterocycles. The predicted molar refractivity (Wildman–Crippen MR) is 111 cm³/mol. The second-order valence-corrected chi connectivity index (χ2v) is 6.80. The fourth-order valence-corrected chi connectivity index (χ4v) is 3.18. The molecule has 7 heteroatoms. The second-order valence-electron chi connectivity index (χ2n) is 5.53. The third-order valence-electron chi connectivity index (χ3n) is 3.92. The summed E-state index contributed by atoms with van der Waals surface area (Å²) in [6.45, 7) is 10.2. The van der Waals surface area contributed by atoms with Crippen molar-refractivity contribution >= 4 is 41.7 Å². The van der Waals surface area contributed by atoms with Crippen molar-refractivity contribution in [3.63, 3.8) is 0 Å². The highest BCUT2D eigenvalue weighted by atomic mass is 127. The van der Waals surface area contributed by atoms with Gasteiger partial charge in [0.25, 0.3) is 0 Å². The van der Waals surface area contributed by atoms with E-state index in [-0.39, 0.29) is 28.7 Å². The quantitative estimate of drug-likeness (QED) is 0.228. The minimum absolute atomic E-state index is 0. The minimum atomic E-state index is 0. The molecule has 0 saturated carbocycles. The van der Waals surface area contributed by atoms with Crippen LogP contribution < -0.4 is 10.6 Å². The lowest BCUT2D eigenvalue weighted by atomic mass is 9.99. The monoisotopic (exact) mass is 459 g/mol. The van der Waals surface area contributed by atoms with Gasteiger partial charge in [0.2, 0.25) is 0 Å². The van der Waals surface area contributed by atoms with E-state index >= 15 is 0 Å². The van der Waals surface area contributed by atoms with Gasteiger partial charge in [0, 0.05) is 44.3 Å². The van der Waals surface area contributed by atoms with Crippen molar-refractivity contribution in [2.45, 2.75) is 44.3 Å². The smallest absolute Gasteiger partial charge is 0.191 e. The maximum Gasteiger partial charge on any atom is 0.191 e. The zero-order valence-corrected chi connectivity index (χ0v) is 18.0. The van der Waals surface area contributed by atoms with E-state index in [2.05, 4.69) is 23.8 Å². The zero-order valence-electron chi connectivity index (χ0n) is 14.9. The van der Waals surface area contributed by atoms with E-state index < -0.39 is 0 Å². The Bertz CT molecular complexity index is 314. The van der Waals surface area contributed by atoms with Gasteiger partial charge in [-0.05, 0) is 45.8 Å². The number of ether oxygens (including phenoxy) is 2. The van der Waals surface area contributed by atoms with Crippen molar-refractivity contribution in [1.82, 2.24) is 10.6 Å². The van der Waals surface area contributed by atoms with Gasteiger partial charge in [-0.3, -0.25) is 4.99 Å². The van der Waals surface area contributed by atoms with E-state index in [4.69, 9.17) is 14.5 Å². The maximum atomic E-state index is 5.49. The molecule has 0 atom stereocenters. The standard InChI is InChI=1S/C16H33N3O2S.HI/c1-4-17-15(18-10-6-7-11-20-5-2)19-14-16(22-3)8-12-21-13-9-16;/h4-14H2,1-3H3,(H2,17,18,19);1H. The number of thioether (sulfide) groups is 1. The molecular weight excluding hydrogens is 425 g/mol. The topological polar surface area (TPSA) is 54.9 Å². The lowest BCUT2D eigenvalue weighted by Crippen LogP contribution is -2.41. The van der Waals surface area contributed by atoms with E-state index in [9.17, 15) is 0 Å². The van der Waals surface area contributed by atoms with Crippen LogP contribution >= 0.6 is 35.7 Å². The van der Waals surface area contributed by atoms with Gasteiger partial charge in [0.05, 0.1) is 6.54 Å². The number of unbranched alkanes of at least 4 members (excludes halogenated alkanes) is 1. The van der Waals surface area contributed by atoms with Crippen molar-refractivity contribution in [1.29, 1.82) is 0 Å². The van der Waals surface area contributed by atoms with Gasteiger partial charge < -0.3 is 20.1 Å². The van der Waals surface area contributed by atoms with Crippen LogP contribution in [0.4, 0.5) is 0 Å². The summed E-state index contributed by atoms with van der Waals surface area (Å²) in [6, 6.07) is 0. The molecule has 1 aliphatic rings. The van der Waals surface area contributed by atoms with E-state index in [1.807, 2.05) is 18.7 Å². The molecule has 1 rings (SSSR count). The Morgan fingerprint density at radius 3 is 2.57 bits per heavy atom. The average molecular weight is 459 g/mol. The third kappa shape index (κ3) is 9.99. The lowest BCUT2D eigenvalue weighted by Gasteiger charge is -2.34. The molecule has 1 saturated heterocycles. The molecule has 0 amide bonds. The second kappa shape index (κ2) is 14.6. The fraction of sp³-hybridized carbons (Fsp3) is 0.938.